The average Bonchev–Trinajstić information content (AvgIpc) is 3.37. The van der Waals surface area contributed by atoms with Gasteiger partial charge in [0.15, 0.2) is 0 Å². The van der Waals surface area contributed by atoms with E-state index >= 15 is 0 Å². The molecule has 5 rings (SSSR count). The van der Waals surface area contributed by atoms with E-state index in [2.05, 4.69) is 12.2 Å². The summed E-state index contributed by atoms with van der Waals surface area (Å²) in [7, 11) is 1.37. The largest absolute Gasteiger partial charge is 0.465 e. The molecule has 2 saturated carbocycles. The molecule has 2 aromatic carbocycles. The standard InChI is InChI=1S/C24H26N2O4/c1-12-10-18(26(28)29)23-19(13(12)2)20-16-8-9-17(11-16)21(20)22(25-23)14-4-6-15(7-5-14)24(27)30-3/h4-7,10,16-17,20-22,25H,8-9,11H2,1-3H3/t16-,17-,20-,21-,22-/m0/s1. The van der Waals surface area contributed by atoms with Crippen LogP contribution in [0.4, 0.5) is 11.4 Å². The number of aryl methyl sites for hydroxylation is 1. The van der Waals surface area contributed by atoms with E-state index in [-0.39, 0.29) is 22.6 Å². The summed E-state index contributed by atoms with van der Waals surface area (Å²) >= 11 is 0. The highest BCUT2D eigenvalue weighted by molar-refractivity contribution is 5.89. The zero-order valence-corrected chi connectivity index (χ0v) is 17.5. The highest BCUT2D eigenvalue weighted by Crippen LogP contribution is 2.65. The number of rotatable bonds is 3. The van der Waals surface area contributed by atoms with Crippen LogP contribution in [0.15, 0.2) is 30.3 Å². The monoisotopic (exact) mass is 406 g/mol. The van der Waals surface area contributed by atoms with Crippen molar-refractivity contribution in [3.05, 3.63) is 68.3 Å². The number of esters is 1. The van der Waals surface area contributed by atoms with E-state index in [1.807, 2.05) is 19.1 Å². The first-order chi connectivity index (χ1) is 14.4. The molecule has 156 valence electrons. The van der Waals surface area contributed by atoms with Crippen molar-refractivity contribution in [2.45, 2.75) is 45.1 Å². The van der Waals surface area contributed by atoms with Crippen molar-refractivity contribution in [3.63, 3.8) is 0 Å². The van der Waals surface area contributed by atoms with Gasteiger partial charge in [0.25, 0.3) is 5.69 Å². The predicted molar refractivity (Wildman–Crippen MR) is 114 cm³/mol. The van der Waals surface area contributed by atoms with Crippen LogP contribution in [0.3, 0.4) is 0 Å². The van der Waals surface area contributed by atoms with E-state index in [1.165, 1.54) is 37.5 Å². The molecule has 0 aromatic heterocycles. The highest BCUT2D eigenvalue weighted by atomic mass is 16.6. The first-order valence-electron chi connectivity index (χ1n) is 10.6. The number of nitrogens with one attached hydrogen (secondary N) is 1. The molecule has 2 aromatic rings. The lowest BCUT2D eigenvalue weighted by Crippen LogP contribution is -2.36. The number of ether oxygens (including phenoxy) is 1. The van der Waals surface area contributed by atoms with Crippen molar-refractivity contribution in [1.29, 1.82) is 0 Å². The molecule has 0 radical (unpaired) electrons. The molecule has 2 fully saturated rings. The van der Waals surface area contributed by atoms with Gasteiger partial charge in [-0.05, 0) is 91.2 Å². The third kappa shape index (κ3) is 2.66. The summed E-state index contributed by atoms with van der Waals surface area (Å²) in [5.74, 6) is 1.63. The first kappa shape index (κ1) is 19.1. The summed E-state index contributed by atoms with van der Waals surface area (Å²) in [5, 5.41) is 15.5. The minimum Gasteiger partial charge on any atom is -0.465 e. The number of anilines is 1. The quantitative estimate of drug-likeness (QED) is 0.425. The van der Waals surface area contributed by atoms with Gasteiger partial charge in [-0.2, -0.15) is 0 Å². The van der Waals surface area contributed by atoms with Gasteiger partial charge in [-0.3, -0.25) is 10.1 Å². The molecule has 3 aliphatic rings. The fourth-order valence-electron chi connectivity index (χ4n) is 6.38. The van der Waals surface area contributed by atoms with E-state index in [0.29, 0.717) is 34.9 Å². The van der Waals surface area contributed by atoms with Crippen molar-refractivity contribution in [2.24, 2.45) is 17.8 Å². The average molecular weight is 406 g/mol. The van der Waals surface area contributed by atoms with Gasteiger partial charge in [0.2, 0.25) is 0 Å². The Labute approximate surface area is 175 Å². The van der Waals surface area contributed by atoms with E-state index in [4.69, 9.17) is 4.74 Å². The second kappa shape index (κ2) is 6.83. The number of benzene rings is 2. The number of nitro groups is 1. The van der Waals surface area contributed by atoms with Gasteiger partial charge in [-0.1, -0.05) is 12.1 Å². The Morgan fingerprint density at radius 2 is 1.87 bits per heavy atom. The molecule has 5 atom stereocenters. The fourth-order valence-corrected chi connectivity index (χ4v) is 6.38. The molecule has 0 spiro atoms. The van der Waals surface area contributed by atoms with E-state index in [9.17, 15) is 14.9 Å². The van der Waals surface area contributed by atoms with Crippen LogP contribution >= 0.6 is 0 Å². The van der Waals surface area contributed by atoms with Crippen molar-refractivity contribution >= 4 is 17.3 Å². The Kier molecular flexibility index (Phi) is 4.34. The van der Waals surface area contributed by atoms with Gasteiger partial charge in [0, 0.05) is 6.07 Å². The van der Waals surface area contributed by atoms with E-state index < -0.39 is 0 Å². The molecule has 1 aliphatic heterocycles. The van der Waals surface area contributed by atoms with Crippen LogP contribution in [0.25, 0.3) is 0 Å². The molecule has 1 N–H and O–H groups in total. The summed E-state index contributed by atoms with van der Waals surface area (Å²) in [6.45, 7) is 4.08. The second-order valence-electron chi connectivity index (χ2n) is 9.06. The van der Waals surface area contributed by atoms with Crippen molar-refractivity contribution < 1.29 is 14.5 Å². The van der Waals surface area contributed by atoms with Gasteiger partial charge in [-0.25, -0.2) is 4.79 Å². The maximum atomic E-state index is 11.9. The van der Waals surface area contributed by atoms with Crippen molar-refractivity contribution in [2.75, 3.05) is 12.4 Å². The van der Waals surface area contributed by atoms with Crippen LogP contribution in [0.5, 0.6) is 0 Å². The van der Waals surface area contributed by atoms with Crippen molar-refractivity contribution in [1.82, 2.24) is 0 Å². The Morgan fingerprint density at radius 1 is 1.17 bits per heavy atom. The molecule has 6 nitrogen and oxygen atoms in total. The number of hydrogen-bond donors (Lipinski definition) is 1. The molecular formula is C24H26N2O4. The SMILES string of the molecule is COC(=O)c1ccc([C@@H]2Nc3c([N+](=O)[O-])cc(C)c(C)c3[C@@H]3[C@H]4CC[C@@H](C4)[C@@H]32)cc1. The van der Waals surface area contributed by atoms with Crippen LogP contribution in [0, 0.1) is 41.7 Å². The first-order valence-corrected chi connectivity index (χ1v) is 10.6. The Hall–Kier alpha value is -2.89. The van der Waals surface area contributed by atoms with E-state index in [0.717, 1.165) is 11.1 Å². The lowest BCUT2D eigenvalue weighted by atomic mass is 9.66. The molecule has 1 heterocycles. The van der Waals surface area contributed by atoms with Gasteiger partial charge < -0.3 is 10.1 Å². The third-order valence-electron chi connectivity index (χ3n) is 7.76. The number of nitro benzene ring substituents is 1. The van der Waals surface area contributed by atoms with E-state index in [1.54, 1.807) is 18.2 Å². The van der Waals surface area contributed by atoms with Crippen LogP contribution in [0.1, 0.15) is 63.8 Å². The lowest BCUT2D eigenvalue weighted by molar-refractivity contribution is -0.384. The molecular weight excluding hydrogens is 380 g/mol. The number of methoxy groups -OCH3 is 1. The Morgan fingerprint density at radius 3 is 2.53 bits per heavy atom. The summed E-state index contributed by atoms with van der Waals surface area (Å²) < 4.78 is 4.81. The molecule has 2 bridgehead atoms. The van der Waals surface area contributed by atoms with Crippen molar-refractivity contribution in [3.8, 4) is 0 Å². The fraction of sp³-hybridized carbons (Fsp3) is 0.458. The summed E-state index contributed by atoms with van der Waals surface area (Å²) in [6, 6.07) is 9.21. The molecule has 30 heavy (non-hydrogen) atoms. The van der Waals surface area contributed by atoms with Crippen LogP contribution in [-0.4, -0.2) is 18.0 Å². The summed E-state index contributed by atoms with van der Waals surface area (Å²) in [4.78, 5) is 23.5. The molecule has 0 amide bonds. The lowest BCUT2D eigenvalue weighted by Gasteiger charge is -2.44. The predicted octanol–water partition coefficient (Wildman–Crippen LogP) is 5.29. The molecule has 0 unspecified atom stereocenters. The van der Waals surface area contributed by atoms with Gasteiger partial charge >= 0.3 is 5.97 Å². The van der Waals surface area contributed by atoms with Gasteiger partial charge in [0.05, 0.1) is 23.6 Å². The smallest absolute Gasteiger partial charge is 0.337 e. The number of hydrogen-bond acceptors (Lipinski definition) is 5. The van der Waals surface area contributed by atoms with Gasteiger partial charge in [0.1, 0.15) is 5.69 Å². The minimum atomic E-state index is -0.358. The molecule has 6 heteroatoms. The number of nitrogens with zero attached hydrogens (tertiary/aromatic N) is 1. The number of fused-ring (bicyclic) bond motifs is 7. The third-order valence-corrected chi connectivity index (χ3v) is 7.76. The molecule has 2 aliphatic carbocycles. The molecule has 0 saturated heterocycles. The second-order valence-corrected chi connectivity index (χ2v) is 9.06. The Bertz CT molecular complexity index is 1050. The number of carbonyl (C=O) groups is 1. The maximum absolute atomic E-state index is 11.9. The van der Waals surface area contributed by atoms with Crippen LogP contribution < -0.4 is 5.32 Å². The summed E-state index contributed by atoms with van der Waals surface area (Å²) in [5.41, 5.74) is 5.79. The number of carbonyl (C=O) groups excluding carboxylic acids is 1. The minimum absolute atomic E-state index is 0.00491. The highest BCUT2D eigenvalue weighted by Gasteiger charge is 2.55. The normalized spacial score (nSPS) is 28.4. The summed E-state index contributed by atoms with van der Waals surface area (Å²) in [6.07, 6.45) is 3.64. The maximum Gasteiger partial charge on any atom is 0.337 e. The zero-order valence-electron chi connectivity index (χ0n) is 17.5. The van der Waals surface area contributed by atoms with Crippen LogP contribution in [-0.2, 0) is 4.74 Å². The zero-order chi connectivity index (χ0) is 21.2. The Balaban J connectivity index is 1.65. The van der Waals surface area contributed by atoms with Gasteiger partial charge in [-0.15, -0.1) is 0 Å². The van der Waals surface area contributed by atoms with Crippen LogP contribution in [0.2, 0.25) is 0 Å². The topological polar surface area (TPSA) is 81.5 Å².